The lowest BCUT2D eigenvalue weighted by Gasteiger charge is -2.44. The zero-order chi connectivity index (χ0) is 39.0. The van der Waals surface area contributed by atoms with E-state index in [0.717, 1.165) is 28.2 Å². The second-order valence-corrected chi connectivity index (χ2v) is 21.6. The Bertz CT molecular complexity index is 1540. The average Bonchev–Trinajstić information content (AvgIpc) is 3.41. The molecule has 2 unspecified atom stereocenters. The first-order chi connectivity index (χ1) is 25.1. The molecular formula is C41H58BN2O7PSi. The lowest BCUT2D eigenvalue weighted by atomic mass is 9.79. The Labute approximate surface area is 321 Å². The van der Waals surface area contributed by atoms with Gasteiger partial charge in [0.15, 0.2) is 8.32 Å². The topological polar surface area (TPSA) is 72.2 Å². The number of ether oxygens (including phenoxy) is 4. The van der Waals surface area contributed by atoms with E-state index in [1.165, 1.54) is 0 Å². The molecule has 2 radical (unpaired) electrons. The Kier molecular flexibility index (Phi) is 15.2. The van der Waals surface area contributed by atoms with Gasteiger partial charge in [-0.25, -0.2) is 11.2 Å². The van der Waals surface area contributed by atoms with Gasteiger partial charge in [-0.05, 0) is 86.8 Å². The van der Waals surface area contributed by atoms with Gasteiger partial charge in [-0.1, -0.05) is 75.4 Å². The molecule has 0 bridgehead atoms. The number of hydrogen-bond donors (Lipinski definition) is 0. The fourth-order valence-electron chi connectivity index (χ4n) is 6.36. The molecule has 9 nitrogen and oxygen atoms in total. The monoisotopic (exact) mass is 760 g/mol. The van der Waals surface area contributed by atoms with Crippen LogP contribution in [0.4, 0.5) is 0 Å². The summed E-state index contributed by atoms with van der Waals surface area (Å²) in [6.45, 7) is 27.5. The molecule has 0 amide bonds. The highest BCUT2D eigenvalue weighted by atomic mass is 31.2. The smallest absolute Gasteiger partial charge is 0.259 e. The minimum Gasteiger partial charge on any atom is -0.497 e. The van der Waals surface area contributed by atoms with Crippen LogP contribution in [-0.4, -0.2) is 91.2 Å². The summed E-state index contributed by atoms with van der Waals surface area (Å²) in [5.74, 6) is 1.46. The predicted octanol–water partition coefficient (Wildman–Crippen LogP) is 8.96. The summed E-state index contributed by atoms with van der Waals surface area (Å²) >= 11 is 0. The highest BCUT2D eigenvalue weighted by molar-refractivity contribution is 7.44. The molecule has 3 aromatic carbocycles. The van der Waals surface area contributed by atoms with Crippen LogP contribution in [0.2, 0.25) is 18.1 Å². The number of rotatable bonds is 18. The van der Waals surface area contributed by atoms with E-state index in [-0.39, 0.29) is 36.9 Å². The molecule has 3 aromatic rings. The second-order valence-electron chi connectivity index (χ2n) is 15.4. The van der Waals surface area contributed by atoms with Crippen LogP contribution in [0.3, 0.4) is 0 Å². The Morgan fingerprint density at radius 1 is 0.811 bits per heavy atom. The lowest BCUT2D eigenvalue weighted by molar-refractivity contribution is -0.109. The van der Waals surface area contributed by atoms with Gasteiger partial charge in [0.1, 0.15) is 43.8 Å². The zero-order valence-corrected chi connectivity index (χ0v) is 35.3. The van der Waals surface area contributed by atoms with Crippen LogP contribution in [0, 0.1) is 6.57 Å². The lowest BCUT2D eigenvalue weighted by Crippen LogP contribution is -2.52. The van der Waals surface area contributed by atoms with Crippen LogP contribution < -0.4 is 9.47 Å². The van der Waals surface area contributed by atoms with Gasteiger partial charge in [-0.3, -0.25) is 0 Å². The van der Waals surface area contributed by atoms with E-state index in [0.29, 0.717) is 0 Å². The molecular weight excluding hydrogens is 702 g/mol. The third-order valence-electron chi connectivity index (χ3n) is 10.1. The van der Waals surface area contributed by atoms with Crippen LogP contribution in [0.15, 0.2) is 78.9 Å². The summed E-state index contributed by atoms with van der Waals surface area (Å²) in [6, 6.07) is 25.6. The molecule has 0 saturated carbocycles. The number of benzene rings is 3. The number of methoxy groups -OCH3 is 2. The fraction of sp³-hybridized carbons (Fsp3) is 0.537. The maximum atomic E-state index is 7.69. The first-order valence-corrected chi connectivity index (χ1v) is 22.4. The molecule has 1 heterocycles. The van der Waals surface area contributed by atoms with E-state index in [1.807, 2.05) is 66.7 Å². The molecule has 12 heteroatoms. The molecule has 5 atom stereocenters. The van der Waals surface area contributed by atoms with E-state index >= 15 is 0 Å². The van der Waals surface area contributed by atoms with Gasteiger partial charge in [0, 0.05) is 18.1 Å². The van der Waals surface area contributed by atoms with Crippen LogP contribution in [0.5, 0.6) is 11.5 Å². The van der Waals surface area contributed by atoms with E-state index in [2.05, 4.69) is 83.2 Å². The van der Waals surface area contributed by atoms with Crippen molar-refractivity contribution in [1.82, 2.24) is 4.67 Å². The number of nitrogens with zero attached hydrogens (tertiary/aromatic N) is 2. The van der Waals surface area contributed by atoms with E-state index in [4.69, 9.17) is 46.8 Å². The Morgan fingerprint density at radius 2 is 1.32 bits per heavy atom. The van der Waals surface area contributed by atoms with E-state index < -0.39 is 46.8 Å². The van der Waals surface area contributed by atoms with Crippen molar-refractivity contribution in [3.8, 4) is 11.5 Å². The van der Waals surface area contributed by atoms with Gasteiger partial charge >= 0.3 is 0 Å². The van der Waals surface area contributed by atoms with E-state index in [9.17, 15) is 0 Å². The minimum atomic E-state index is -2.41. The molecule has 1 saturated heterocycles. The molecule has 0 N–H and O–H groups in total. The molecule has 0 aliphatic carbocycles. The molecule has 4 rings (SSSR count). The Balaban J connectivity index is 1.90. The molecule has 1 fully saturated rings. The van der Waals surface area contributed by atoms with Gasteiger partial charge in [0.2, 0.25) is 6.54 Å². The third-order valence-corrected chi connectivity index (χ3v) is 16.6. The summed E-state index contributed by atoms with van der Waals surface area (Å²) in [4.78, 5) is 3.50. The van der Waals surface area contributed by atoms with Gasteiger partial charge in [0.25, 0.3) is 8.53 Å². The summed E-state index contributed by atoms with van der Waals surface area (Å²) < 4.78 is 47.8. The fourth-order valence-corrected chi connectivity index (χ4v) is 9.27. The summed E-state index contributed by atoms with van der Waals surface area (Å²) in [7, 11) is 6.28. The third kappa shape index (κ3) is 10.1. The van der Waals surface area contributed by atoms with Crippen LogP contribution in [-0.2, 0) is 28.5 Å². The van der Waals surface area contributed by atoms with Gasteiger partial charge in [-0.2, -0.15) is 0 Å². The predicted molar refractivity (Wildman–Crippen MR) is 216 cm³/mol. The Hall–Kier alpha value is -2.78. The van der Waals surface area contributed by atoms with Crippen LogP contribution in [0.1, 0.15) is 65.2 Å². The summed E-state index contributed by atoms with van der Waals surface area (Å²) in [6.07, 6.45) is -1.94. The first kappa shape index (κ1) is 43.0. The van der Waals surface area contributed by atoms with Crippen molar-refractivity contribution in [2.75, 3.05) is 34.0 Å². The van der Waals surface area contributed by atoms with Crippen molar-refractivity contribution in [3.05, 3.63) is 107 Å². The van der Waals surface area contributed by atoms with Gasteiger partial charge in [0.05, 0.1) is 26.9 Å². The molecule has 0 aromatic heterocycles. The van der Waals surface area contributed by atoms with Crippen molar-refractivity contribution in [2.45, 2.75) is 109 Å². The molecule has 286 valence electrons. The highest BCUT2D eigenvalue weighted by Crippen LogP contribution is 2.49. The van der Waals surface area contributed by atoms with Crippen molar-refractivity contribution in [2.24, 2.45) is 0 Å². The van der Waals surface area contributed by atoms with E-state index in [1.54, 1.807) is 14.2 Å². The number of hydrogen-bond acceptors (Lipinski definition) is 8. The van der Waals surface area contributed by atoms with Crippen molar-refractivity contribution < 1.29 is 32.4 Å². The SMILES string of the molecule is [B][C@@H]1O[C@H](COP(OCC[N+]#[C-])N(C(C)C)C(C)C)C(OC(c2ccccc2)(c2ccc(OC)cc2)c2ccc(OC)cc2)[C@@H]1O[Si](C)(C)C(C)(C)C. The molecule has 53 heavy (non-hydrogen) atoms. The minimum absolute atomic E-state index is 0.103. The largest absolute Gasteiger partial charge is 0.497 e. The molecule has 1 aliphatic rings. The van der Waals surface area contributed by atoms with Gasteiger partial charge in [-0.15, -0.1) is 0 Å². The zero-order valence-electron chi connectivity index (χ0n) is 33.4. The normalized spacial score (nSPS) is 20.2. The summed E-state index contributed by atoms with van der Waals surface area (Å²) in [5, 5.41) is -0.103. The van der Waals surface area contributed by atoms with Crippen LogP contribution >= 0.6 is 8.53 Å². The van der Waals surface area contributed by atoms with Crippen LogP contribution in [0.25, 0.3) is 4.85 Å². The molecule has 1 aliphatic heterocycles. The average molecular weight is 761 g/mol. The second kappa shape index (κ2) is 18.7. The maximum absolute atomic E-state index is 7.69. The summed E-state index contributed by atoms with van der Waals surface area (Å²) in [5.41, 5.74) is 1.54. The first-order valence-electron chi connectivity index (χ1n) is 18.4. The maximum Gasteiger partial charge on any atom is 0.259 e. The van der Waals surface area contributed by atoms with Crippen molar-refractivity contribution in [3.63, 3.8) is 0 Å². The van der Waals surface area contributed by atoms with Crippen molar-refractivity contribution in [1.29, 1.82) is 0 Å². The van der Waals surface area contributed by atoms with Gasteiger partial charge < -0.3 is 37.3 Å². The molecule has 0 spiro atoms. The highest BCUT2D eigenvalue weighted by Gasteiger charge is 2.53. The van der Waals surface area contributed by atoms with Crippen molar-refractivity contribution >= 4 is 24.7 Å². The Morgan fingerprint density at radius 3 is 1.77 bits per heavy atom. The standard InChI is InChI=1S/C41H58BN2O7PSi/c1-29(2)44(30(3)4)52(47-27-26-43-8)48-28-36-37(38(39(42)49-36)51-53(11,12)40(5,6)7)50-41(31-16-14-13-15-17-31,32-18-22-34(45-9)23-19-32)33-20-24-35(46-10)25-21-33/h13-25,29-30,36-39H,26-28H2,1-7,9-12H3/t36-,37?,38+,39-,52?/m1/s1. The quantitative estimate of drug-likeness (QED) is 0.0419.